The van der Waals surface area contributed by atoms with Gasteiger partial charge in [0.2, 0.25) is 0 Å². The highest BCUT2D eigenvalue weighted by atomic mass is 79.9. The molecule has 0 aromatic heterocycles. The third kappa shape index (κ3) is 4.60. The van der Waals surface area contributed by atoms with Gasteiger partial charge in [0, 0.05) is 28.8 Å². The molecule has 0 aliphatic rings. The SMILES string of the molecule is CCN(CC)C(=O)c1ccc(NC(=O)c2cc(OC)ccc2Br)cc1. The van der Waals surface area contributed by atoms with Gasteiger partial charge in [-0.2, -0.15) is 0 Å². The number of hydrogen-bond acceptors (Lipinski definition) is 3. The van der Waals surface area contributed by atoms with Gasteiger partial charge in [0.1, 0.15) is 5.75 Å². The molecule has 0 heterocycles. The lowest BCUT2D eigenvalue weighted by molar-refractivity contribution is 0.0773. The molecular weight excluding hydrogens is 384 g/mol. The molecule has 0 aliphatic carbocycles. The van der Waals surface area contributed by atoms with Crippen LogP contribution in [0.2, 0.25) is 0 Å². The molecule has 6 heteroatoms. The largest absolute Gasteiger partial charge is 0.497 e. The molecule has 0 fully saturated rings. The number of rotatable bonds is 6. The van der Waals surface area contributed by atoms with Crippen molar-refractivity contribution in [2.45, 2.75) is 13.8 Å². The van der Waals surface area contributed by atoms with Gasteiger partial charge in [-0.1, -0.05) is 0 Å². The Balaban J connectivity index is 2.13. The molecule has 0 saturated carbocycles. The molecular formula is C19H21BrN2O3. The number of anilines is 1. The number of nitrogens with one attached hydrogen (secondary N) is 1. The number of benzene rings is 2. The van der Waals surface area contributed by atoms with E-state index in [4.69, 9.17) is 4.74 Å². The first kappa shape index (κ1) is 19.0. The molecule has 0 saturated heterocycles. The second kappa shape index (κ2) is 8.67. The van der Waals surface area contributed by atoms with Gasteiger partial charge in [-0.3, -0.25) is 9.59 Å². The van der Waals surface area contributed by atoms with Gasteiger partial charge in [-0.05, 0) is 72.2 Å². The highest BCUT2D eigenvalue weighted by molar-refractivity contribution is 9.10. The quantitative estimate of drug-likeness (QED) is 0.784. The smallest absolute Gasteiger partial charge is 0.256 e. The van der Waals surface area contributed by atoms with Crippen molar-refractivity contribution in [2.75, 3.05) is 25.5 Å². The molecule has 0 radical (unpaired) electrons. The molecule has 0 spiro atoms. The zero-order valence-corrected chi connectivity index (χ0v) is 16.1. The van der Waals surface area contributed by atoms with Crippen molar-refractivity contribution >= 4 is 33.4 Å². The average Bonchev–Trinajstić information content (AvgIpc) is 2.63. The summed E-state index contributed by atoms with van der Waals surface area (Å²) in [6.07, 6.45) is 0. The minimum Gasteiger partial charge on any atom is -0.497 e. The highest BCUT2D eigenvalue weighted by Crippen LogP contribution is 2.23. The molecule has 0 atom stereocenters. The number of carbonyl (C=O) groups excluding carboxylic acids is 2. The normalized spacial score (nSPS) is 10.2. The summed E-state index contributed by atoms with van der Waals surface area (Å²) in [5.74, 6) is 0.334. The Hall–Kier alpha value is -2.34. The van der Waals surface area contributed by atoms with Crippen LogP contribution >= 0.6 is 15.9 Å². The van der Waals surface area contributed by atoms with Gasteiger partial charge < -0.3 is 15.0 Å². The summed E-state index contributed by atoms with van der Waals surface area (Å²) in [4.78, 5) is 26.5. The van der Waals surface area contributed by atoms with E-state index in [1.54, 1.807) is 54.5 Å². The maximum absolute atomic E-state index is 12.5. The maximum atomic E-state index is 12.5. The monoisotopic (exact) mass is 404 g/mol. The van der Waals surface area contributed by atoms with E-state index in [0.717, 1.165) is 0 Å². The van der Waals surface area contributed by atoms with Crippen LogP contribution in [0.3, 0.4) is 0 Å². The highest BCUT2D eigenvalue weighted by Gasteiger charge is 2.14. The fraction of sp³-hybridized carbons (Fsp3) is 0.263. The molecule has 1 N–H and O–H groups in total. The van der Waals surface area contributed by atoms with E-state index in [1.807, 2.05) is 13.8 Å². The van der Waals surface area contributed by atoms with Gasteiger partial charge in [0.15, 0.2) is 0 Å². The van der Waals surface area contributed by atoms with E-state index >= 15 is 0 Å². The van der Waals surface area contributed by atoms with Gasteiger partial charge in [0.05, 0.1) is 12.7 Å². The number of ether oxygens (including phenoxy) is 1. The third-order valence-electron chi connectivity index (χ3n) is 3.86. The second-order valence-corrected chi connectivity index (χ2v) is 6.21. The van der Waals surface area contributed by atoms with Crippen LogP contribution in [0.25, 0.3) is 0 Å². The summed E-state index contributed by atoms with van der Waals surface area (Å²) < 4.78 is 5.83. The first-order valence-electron chi connectivity index (χ1n) is 8.04. The van der Waals surface area contributed by atoms with Crippen LogP contribution in [-0.2, 0) is 0 Å². The molecule has 5 nitrogen and oxygen atoms in total. The minimum absolute atomic E-state index is 0.0154. The molecule has 2 aromatic carbocycles. The van der Waals surface area contributed by atoms with Crippen molar-refractivity contribution in [3.8, 4) is 5.75 Å². The van der Waals surface area contributed by atoms with Crippen molar-refractivity contribution < 1.29 is 14.3 Å². The first-order valence-corrected chi connectivity index (χ1v) is 8.83. The molecule has 0 bridgehead atoms. The number of hydrogen-bond donors (Lipinski definition) is 1. The third-order valence-corrected chi connectivity index (χ3v) is 4.55. The second-order valence-electron chi connectivity index (χ2n) is 5.35. The fourth-order valence-electron chi connectivity index (χ4n) is 2.39. The van der Waals surface area contributed by atoms with E-state index in [-0.39, 0.29) is 11.8 Å². The van der Waals surface area contributed by atoms with E-state index in [0.29, 0.717) is 40.1 Å². The van der Waals surface area contributed by atoms with E-state index in [1.165, 1.54) is 0 Å². The Bertz CT molecular complexity index is 756. The first-order chi connectivity index (χ1) is 12.0. The Labute approximate surface area is 156 Å². The minimum atomic E-state index is -0.256. The van der Waals surface area contributed by atoms with Gasteiger partial charge >= 0.3 is 0 Å². The van der Waals surface area contributed by atoms with Crippen molar-refractivity contribution in [3.05, 3.63) is 58.1 Å². The number of methoxy groups -OCH3 is 1. The Morgan fingerprint density at radius 3 is 2.28 bits per heavy atom. The van der Waals surface area contributed by atoms with Crippen molar-refractivity contribution in [3.63, 3.8) is 0 Å². The molecule has 0 aliphatic heterocycles. The van der Waals surface area contributed by atoms with Crippen LogP contribution in [0.4, 0.5) is 5.69 Å². The van der Waals surface area contributed by atoms with E-state index < -0.39 is 0 Å². The molecule has 2 aromatic rings. The predicted molar refractivity (Wildman–Crippen MR) is 102 cm³/mol. The molecule has 132 valence electrons. The van der Waals surface area contributed by atoms with E-state index in [2.05, 4.69) is 21.2 Å². The summed E-state index contributed by atoms with van der Waals surface area (Å²) in [5.41, 5.74) is 1.70. The zero-order valence-electron chi connectivity index (χ0n) is 14.5. The predicted octanol–water partition coefficient (Wildman–Crippen LogP) is 4.19. The Morgan fingerprint density at radius 1 is 1.08 bits per heavy atom. The van der Waals surface area contributed by atoms with Crippen molar-refractivity contribution in [1.29, 1.82) is 0 Å². The molecule has 0 unspecified atom stereocenters. The van der Waals surface area contributed by atoms with Gasteiger partial charge in [0.25, 0.3) is 11.8 Å². The van der Waals surface area contributed by atoms with Crippen LogP contribution < -0.4 is 10.1 Å². The van der Waals surface area contributed by atoms with Gasteiger partial charge in [-0.25, -0.2) is 0 Å². The molecule has 2 amide bonds. The van der Waals surface area contributed by atoms with Crippen LogP contribution in [0.1, 0.15) is 34.6 Å². The van der Waals surface area contributed by atoms with Crippen LogP contribution in [0, 0.1) is 0 Å². The Morgan fingerprint density at radius 2 is 1.72 bits per heavy atom. The number of halogens is 1. The van der Waals surface area contributed by atoms with Crippen LogP contribution in [0.15, 0.2) is 46.9 Å². The number of carbonyl (C=O) groups is 2. The summed E-state index contributed by atoms with van der Waals surface area (Å²) >= 11 is 3.37. The number of nitrogens with zero attached hydrogens (tertiary/aromatic N) is 1. The van der Waals surface area contributed by atoms with Gasteiger partial charge in [-0.15, -0.1) is 0 Å². The lowest BCUT2D eigenvalue weighted by atomic mass is 10.1. The summed E-state index contributed by atoms with van der Waals surface area (Å²) in [6.45, 7) is 5.22. The lowest BCUT2D eigenvalue weighted by Gasteiger charge is -2.18. The summed E-state index contributed by atoms with van der Waals surface area (Å²) in [5, 5.41) is 2.82. The summed E-state index contributed by atoms with van der Waals surface area (Å²) in [7, 11) is 1.55. The number of amides is 2. The van der Waals surface area contributed by atoms with E-state index in [9.17, 15) is 9.59 Å². The molecule has 25 heavy (non-hydrogen) atoms. The lowest BCUT2D eigenvalue weighted by Crippen LogP contribution is -2.30. The van der Waals surface area contributed by atoms with Crippen molar-refractivity contribution in [1.82, 2.24) is 4.90 Å². The van der Waals surface area contributed by atoms with Crippen molar-refractivity contribution in [2.24, 2.45) is 0 Å². The molecule has 2 rings (SSSR count). The fourth-order valence-corrected chi connectivity index (χ4v) is 2.82. The summed E-state index contributed by atoms with van der Waals surface area (Å²) in [6, 6.07) is 12.1. The van der Waals surface area contributed by atoms with Crippen LogP contribution in [0.5, 0.6) is 5.75 Å². The average molecular weight is 405 g/mol. The standard InChI is InChI=1S/C19H21BrN2O3/c1-4-22(5-2)19(24)13-6-8-14(9-7-13)21-18(23)16-12-15(25-3)10-11-17(16)20/h6-12H,4-5H2,1-3H3,(H,21,23). The van der Waals surface area contributed by atoms with Crippen LogP contribution in [-0.4, -0.2) is 36.9 Å². The zero-order chi connectivity index (χ0) is 18.4. The Kier molecular flexibility index (Phi) is 6.58. The topological polar surface area (TPSA) is 58.6 Å². The maximum Gasteiger partial charge on any atom is 0.256 e.